The van der Waals surface area contributed by atoms with Crippen LogP contribution in [0.3, 0.4) is 0 Å². The molecule has 0 aliphatic carbocycles. The fourth-order valence-electron chi connectivity index (χ4n) is 2.58. The van der Waals surface area contributed by atoms with Crippen LogP contribution in [-0.4, -0.2) is 23.9 Å². The van der Waals surface area contributed by atoms with Gasteiger partial charge in [0, 0.05) is 6.07 Å². The Morgan fingerprint density at radius 3 is 2.52 bits per heavy atom. The summed E-state index contributed by atoms with van der Waals surface area (Å²) in [5, 5.41) is 2.67. The van der Waals surface area contributed by atoms with E-state index >= 15 is 0 Å². The van der Waals surface area contributed by atoms with Gasteiger partial charge in [0.2, 0.25) is 11.8 Å². The third-order valence-corrected chi connectivity index (χ3v) is 3.60. The maximum Gasteiger partial charge on any atom is 0.250 e. The molecule has 21 heavy (non-hydrogen) atoms. The second-order valence-electron chi connectivity index (χ2n) is 5.08. The van der Waals surface area contributed by atoms with Crippen LogP contribution in [0.4, 0.5) is 14.5 Å². The maximum absolute atomic E-state index is 14.0. The molecule has 1 aromatic rings. The molecule has 1 heterocycles. The lowest BCUT2D eigenvalue weighted by Gasteiger charge is -2.38. The highest BCUT2D eigenvalue weighted by Gasteiger charge is 2.40. The highest BCUT2D eigenvalue weighted by atomic mass is 19.1. The summed E-state index contributed by atoms with van der Waals surface area (Å²) in [4.78, 5) is 25.8. The summed E-state index contributed by atoms with van der Waals surface area (Å²) < 4.78 is 27.0. The van der Waals surface area contributed by atoms with E-state index < -0.39 is 23.7 Å². The third kappa shape index (κ3) is 2.89. The lowest BCUT2D eigenvalue weighted by Crippen LogP contribution is -2.63. The van der Waals surface area contributed by atoms with Crippen molar-refractivity contribution in [2.45, 2.75) is 45.2 Å². The van der Waals surface area contributed by atoms with Gasteiger partial charge in [-0.15, -0.1) is 0 Å². The second-order valence-corrected chi connectivity index (χ2v) is 5.08. The number of halogens is 2. The average Bonchev–Trinajstić information content (AvgIpc) is 2.43. The lowest BCUT2D eigenvalue weighted by molar-refractivity contribution is -0.134. The SMILES string of the molecule is CCCC1NC(=O)C(CC)N(c2ccc(F)cc2F)C1=O. The number of carbonyl (C=O) groups is 2. The van der Waals surface area contributed by atoms with Crippen LogP contribution in [0.5, 0.6) is 0 Å². The summed E-state index contributed by atoms with van der Waals surface area (Å²) in [5.74, 6) is -2.22. The molecule has 1 N–H and O–H groups in total. The van der Waals surface area contributed by atoms with E-state index in [0.717, 1.165) is 17.0 Å². The molecular formula is C15H18F2N2O2. The van der Waals surface area contributed by atoms with E-state index in [2.05, 4.69) is 5.32 Å². The number of nitrogens with zero attached hydrogens (tertiary/aromatic N) is 1. The van der Waals surface area contributed by atoms with Gasteiger partial charge in [-0.25, -0.2) is 8.78 Å². The Labute approximate surface area is 122 Å². The average molecular weight is 296 g/mol. The van der Waals surface area contributed by atoms with Gasteiger partial charge in [-0.2, -0.15) is 0 Å². The minimum absolute atomic E-state index is 0.0517. The van der Waals surface area contributed by atoms with Crippen molar-refractivity contribution in [1.29, 1.82) is 0 Å². The molecule has 0 saturated carbocycles. The molecule has 114 valence electrons. The predicted octanol–water partition coefficient (Wildman–Crippen LogP) is 2.37. The molecule has 0 spiro atoms. The Hall–Kier alpha value is -1.98. The first-order valence-corrected chi connectivity index (χ1v) is 7.08. The fraction of sp³-hybridized carbons (Fsp3) is 0.467. The van der Waals surface area contributed by atoms with Crippen LogP contribution in [0.1, 0.15) is 33.1 Å². The third-order valence-electron chi connectivity index (χ3n) is 3.60. The summed E-state index contributed by atoms with van der Waals surface area (Å²) in [7, 11) is 0. The van der Waals surface area contributed by atoms with E-state index in [1.54, 1.807) is 6.92 Å². The van der Waals surface area contributed by atoms with Gasteiger partial charge in [0.1, 0.15) is 23.7 Å². The summed E-state index contributed by atoms with van der Waals surface area (Å²) in [5.41, 5.74) is -0.0517. The first-order valence-electron chi connectivity index (χ1n) is 7.08. The van der Waals surface area contributed by atoms with Crippen molar-refractivity contribution in [3.8, 4) is 0 Å². The molecule has 1 aliphatic heterocycles. The van der Waals surface area contributed by atoms with E-state index in [4.69, 9.17) is 0 Å². The van der Waals surface area contributed by atoms with Gasteiger partial charge < -0.3 is 5.32 Å². The first kappa shape index (κ1) is 15.4. The number of rotatable bonds is 4. The number of amides is 2. The molecule has 6 heteroatoms. The Morgan fingerprint density at radius 1 is 1.24 bits per heavy atom. The Morgan fingerprint density at radius 2 is 1.95 bits per heavy atom. The van der Waals surface area contributed by atoms with Crippen molar-refractivity contribution in [2.24, 2.45) is 0 Å². The molecule has 1 aliphatic rings. The smallest absolute Gasteiger partial charge is 0.250 e. The summed E-state index contributed by atoms with van der Waals surface area (Å²) in [6.45, 7) is 3.64. The summed E-state index contributed by atoms with van der Waals surface area (Å²) >= 11 is 0. The fourth-order valence-corrected chi connectivity index (χ4v) is 2.58. The van der Waals surface area contributed by atoms with E-state index in [1.165, 1.54) is 6.07 Å². The van der Waals surface area contributed by atoms with Crippen LogP contribution < -0.4 is 10.2 Å². The molecule has 0 radical (unpaired) electrons. The Kier molecular flexibility index (Phi) is 4.55. The predicted molar refractivity (Wildman–Crippen MR) is 74.8 cm³/mol. The van der Waals surface area contributed by atoms with Gasteiger partial charge in [-0.1, -0.05) is 20.3 Å². The summed E-state index contributed by atoms with van der Waals surface area (Å²) in [6, 6.07) is 1.57. The Bertz CT molecular complexity index is 563. The number of nitrogens with one attached hydrogen (secondary N) is 1. The molecule has 2 rings (SSSR count). The molecule has 4 nitrogen and oxygen atoms in total. The van der Waals surface area contributed by atoms with Crippen LogP contribution in [-0.2, 0) is 9.59 Å². The van der Waals surface area contributed by atoms with E-state index in [-0.39, 0.29) is 17.5 Å². The highest BCUT2D eigenvalue weighted by molar-refractivity contribution is 6.08. The van der Waals surface area contributed by atoms with Gasteiger partial charge in [-0.05, 0) is 25.0 Å². The standard InChI is InChI=1S/C15H18F2N2O2/c1-3-5-11-15(21)19(12(4-2)14(20)18-11)13-7-6-9(16)8-10(13)17/h6-8,11-12H,3-5H2,1-2H3,(H,18,20). The van der Waals surface area contributed by atoms with Crippen LogP contribution in [0.2, 0.25) is 0 Å². The zero-order valence-corrected chi connectivity index (χ0v) is 12.0. The molecule has 2 atom stereocenters. The van der Waals surface area contributed by atoms with Gasteiger partial charge in [0.15, 0.2) is 0 Å². The number of anilines is 1. The molecular weight excluding hydrogens is 278 g/mol. The van der Waals surface area contributed by atoms with Crippen molar-refractivity contribution < 1.29 is 18.4 Å². The van der Waals surface area contributed by atoms with Crippen LogP contribution >= 0.6 is 0 Å². The lowest BCUT2D eigenvalue weighted by atomic mass is 10.0. The minimum Gasteiger partial charge on any atom is -0.342 e. The molecule has 0 bridgehead atoms. The van der Waals surface area contributed by atoms with Gasteiger partial charge >= 0.3 is 0 Å². The van der Waals surface area contributed by atoms with Crippen LogP contribution in [0, 0.1) is 11.6 Å². The van der Waals surface area contributed by atoms with Crippen molar-refractivity contribution >= 4 is 17.5 Å². The highest BCUT2D eigenvalue weighted by Crippen LogP contribution is 2.27. The molecule has 1 saturated heterocycles. The zero-order valence-electron chi connectivity index (χ0n) is 12.0. The van der Waals surface area contributed by atoms with E-state index in [9.17, 15) is 18.4 Å². The van der Waals surface area contributed by atoms with E-state index in [1.807, 2.05) is 6.92 Å². The normalized spacial score (nSPS) is 22.4. The second kappa shape index (κ2) is 6.20. The number of benzene rings is 1. The molecule has 0 aromatic heterocycles. The van der Waals surface area contributed by atoms with Crippen molar-refractivity contribution in [1.82, 2.24) is 5.32 Å². The number of carbonyl (C=O) groups excluding carboxylic acids is 2. The van der Waals surface area contributed by atoms with Crippen LogP contribution in [0.15, 0.2) is 18.2 Å². The molecule has 1 aromatic carbocycles. The number of hydrogen-bond donors (Lipinski definition) is 1. The van der Waals surface area contributed by atoms with E-state index in [0.29, 0.717) is 19.3 Å². The maximum atomic E-state index is 14.0. The molecule has 1 fully saturated rings. The molecule has 2 amide bonds. The van der Waals surface area contributed by atoms with Crippen molar-refractivity contribution in [2.75, 3.05) is 4.90 Å². The summed E-state index contributed by atoms with van der Waals surface area (Å²) in [6.07, 6.45) is 1.56. The minimum atomic E-state index is -0.841. The van der Waals surface area contributed by atoms with Gasteiger partial charge in [0.05, 0.1) is 5.69 Å². The number of piperazine rings is 1. The van der Waals surface area contributed by atoms with Crippen LogP contribution in [0.25, 0.3) is 0 Å². The van der Waals surface area contributed by atoms with Gasteiger partial charge in [0.25, 0.3) is 0 Å². The Balaban J connectivity index is 2.44. The largest absolute Gasteiger partial charge is 0.342 e. The molecule has 2 unspecified atom stereocenters. The van der Waals surface area contributed by atoms with Gasteiger partial charge in [-0.3, -0.25) is 14.5 Å². The zero-order chi connectivity index (χ0) is 15.6. The van der Waals surface area contributed by atoms with Crippen molar-refractivity contribution in [3.63, 3.8) is 0 Å². The quantitative estimate of drug-likeness (QED) is 0.927. The number of hydrogen-bond acceptors (Lipinski definition) is 2. The first-order chi connectivity index (χ1) is 9.99. The monoisotopic (exact) mass is 296 g/mol. The van der Waals surface area contributed by atoms with Crippen molar-refractivity contribution in [3.05, 3.63) is 29.8 Å². The topological polar surface area (TPSA) is 49.4 Å².